The van der Waals surface area contributed by atoms with E-state index in [0.717, 1.165) is 5.69 Å². The molecule has 1 saturated heterocycles. The van der Waals surface area contributed by atoms with E-state index in [4.69, 9.17) is 0 Å². The van der Waals surface area contributed by atoms with Crippen LogP contribution in [0.1, 0.15) is 30.8 Å². The van der Waals surface area contributed by atoms with Crippen LogP contribution < -0.4 is 0 Å². The molecule has 1 aliphatic rings. The quantitative estimate of drug-likeness (QED) is 0.496. The highest BCUT2D eigenvalue weighted by molar-refractivity contribution is 5.97. The van der Waals surface area contributed by atoms with Crippen LogP contribution in [0.4, 0.5) is 5.82 Å². The molecule has 0 spiro atoms. The van der Waals surface area contributed by atoms with Crippen LogP contribution in [0.15, 0.2) is 9.98 Å². The van der Waals surface area contributed by atoms with Gasteiger partial charge in [0.15, 0.2) is 5.82 Å². The molecule has 0 aromatic carbocycles. The van der Waals surface area contributed by atoms with Gasteiger partial charge in [-0.25, -0.2) is 9.98 Å². The molecule has 7 nitrogen and oxygen atoms in total. The second kappa shape index (κ2) is 6.23. The third-order valence-corrected chi connectivity index (χ3v) is 3.13. The van der Waals surface area contributed by atoms with Crippen molar-refractivity contribution >= 4 is 30.7 Å². The van der Waals surface area contributed by atoms with E-state index in [1.165, 1.54) is 11.2 Å². The van der Waals surface area contributed by atoms with Gasteiger partial charge in [0.05, 0.1) is 5.69 Å². The Morgan fingerprint density at radius 2 is 2.10 bits per heavy atom. The Morgan fingerprint density at radius 3 is 2.75 bits per heavy atom. The summed E-state index contributed by atoms with van der Waals surface area (Å²) in [5.41, 5.74) is 0.816. The summed E-state index contributed by atoms with van der Waals surface area (Å²) in [6.07, 6.45) is 3.37. The van der Waals surface area contributed by atoms with E-state index < -0.39 is 0 Å². The Bertz CT molecular complexity index is 545. The second-order valence-electron chi connectivity index (χ2n) is 4.60. The second-order valence-corrected chi connectivity index (χ2v) is 4.60. The van der Waals surface area contributed by atoms with E-state index >= 15 is 0 Å². The van der Waals surface area contributed by atoms with E-state index in [1.807, 2.05) is 6.92 Å². The first-order valence-corrected chi connectivity index (χ1v) is 6.49. The lowest BCUT2D eigenvalue weighted by atomic mass is 10.1. The summed E-state index contributed by atoms with van der Waals surface area (Å²) in [7, 11) is 0. The first-order valence-electron chi connectivity index (χ1n) is 6.49. The Kier molecular flexibility index (Phi) is 4.39. The van der Waals surface area contributed by atoms with E-state index in [-0.39, 0.29) is 11.8 Å². The largest absolute Gasteiger partial charge is 0.344 e. The lowest BCUT2D eigenvalue weighted by molar-refractivity contribution is -0.147. The van der Waals surface area contributed by atoms with E-state index in [0.29, 0.717) is 43.9 Å². The van der Waals surface area contributed by atoms with Gasteiger partial charge in [0.1, 0.15) is 12.2 Å². The molecule has 20 heavy (non-hydrogen) atoms. The fourth-order valence-electron chi connectivity index (χ4n) is 2.12. The van der Waals surface area contributed by atoms with Gasteiger partial charge in [-0.05, 0) is 20.1 Å². The zero-order valence-corrected chi connectivity index (χ0v) is 11.4. The molecular weight excluding hydrogens is 258 g/mol. The van der Waals surface area contributed by atoms with Crippen molar-refractivity contribution in [1.82, 2.24) is 14.9 Å². The fourth-order valence-corrected chi connectivity index (χ4v) is 2.12. The normalized spacial score (nSPS) is 16.1. The maximum absolute atomic E-state index is 11.7. The zero-order valence-electron chi connectivity index (χ0n) is 11.4. The fraction of sp³-hybridized carbons (Fsp3) is 0.462. The number of aromatic nitrogens is 2. The molecule has 0 aliphatic carbocycles. The van der Waals surface area contributed by atoms with Crippen molar-refractivity contribution in [2.24, 2.45) is 9.98 Å². The first kappa shape index (κ1) is 14.1. The summed E-state index contributed by atoms with van der Waals surface area (Å²) in [6.45, 7) is 5.51. The van der Waals surface area contributed by atoms with Gasteiger partial charge in [0.25, 0.3) is 0 Å². The summed E-state index contributed by atoms with van der Waals surface area (Å²) in [6, 6.07) is 0. The number of aromatic amines is 1. The molecule has 1 N–H and O–H groups in total. The number of amides is 2. The summed E-state index contributed by atoms with van der Waals surface area (Å²) in [5.74, 6) is 1.05. The van der Waals surface area contributed by atoms with E-state index in [2.05, 4.69) is 26.7 Å². The number of imidazole rings is 1. The molecule has 0 atom stereocenters. The van der Waals surface area contributed by atoms with Crippen molar-refractivity contribution in [3.8, 4) is 0 Å². The number of likely N-dealkylation sites (tertiary alicyclic amines) is 1. The molecule has 0 unspecified atom stereocenters. The van der Waals surface area contributed by atoms with Crippen LogP contribution in [0.3, 0.4) is 0 Å². The third kappa shape index (κ3) is 3.17. The zero-order chi connectivity index (χ0) is 14.5. The minimum absolute atomic E-state index is 0.0985. The Morgan fingerprint density at radius 1 is 1.40 bits per heavy atom. The molecule has 1 fully saturated rings. The molecule has 0 saturated carbocycles. The summed E-state index contributed by atoms with van der Waals surface area (Å²) < 4.78 is 0. The predicted molar refractivity (Wildman–Crippen MR) is 75.3 cm³/mol. The Labute approximate surface area is 116 Å². The minimum atomic E-state index is -0.0985. The standard InChI is InChI=1S/C13H17N5O2/c1-9-13(15-8-14-2)17-10(16-9)6-7-18-11(19)4-3-5-12(18)20/h8H,2-7H2,1H3,(H,16,17). The number of rotatable bonds is 5. The van der Waals surface area contributed by atoms with Crippen LogP contribution in [-0.4, -0.2) is 46.3 Å². The van der Waals surface area contributed by atoms with Gasteiger partial charge >= 0.3 is 0 Å². The number of nitrogens with zero attached hydrogens (tertiary/aromatic N) is 4. The molecule has 0 radical (unpaired) electrons. The van der Waals surface area contributed by atoms with Crippen LogP contribution in [0.25, 0.3) is 0 Å². The van der Waals surface area contributed by atoms with Gasteiger partial charge in [-0.15, -0.1) is 0 Å². The maximum Gasteiger partial charge on any atom is 0.229 e. The number of hydrogen-bond donors (Lipinski definition) is 1. The van der Waals surface area contributed by atoms with Crippen molar-refractivity contribution in [3.63, 3.8) is 0 Å². The SMILES string of the molecule is C=NC=Nc1nc(CCN2C(=O)CCCC2=O)[nH]c1C. The van der Waals surface area contributed by atoms with Crippen LogP contribution in [0.2, 0.25) is 0 Å². The molecule has 7 heteroatoms. The summed E-state index contributed by atoms with van der Waals surface area (Å²) in [5, 5.41) is 0. The summed E-state index contributed by atoms with van der Waals surface area (Å²) in [4.78, 5) is 39.6. The highest BCUT2D eigenvalue weighted by atomic mass is 16.2. The van der Waals surface area contributed by atoms with Crippen LogP contribution in [0, 0.1) is 6.92 Å². The number of imide groups is 1. The third-order valence-electron chi connectivity index (χ3n) is 3.13. The predicted octanol–water partition coefficient (Wildman–Crippen LogP) is 1.16. The highest BCUT2D eigenvalue weighted by Gasteiger charge is 2.25. The summed E-state index contributed by atoms with van der Waals surface area (Å²) >= 11 is 0. The monoisotopic (exact) mass is 275 g/mol. The van der Waals surface area contributed by atoms with Crippen molar-refractivity contribution in [2.75, 3.05) is 6.54 Å². The molecule has 1 aliphatic heterocycles. The maximum atomic E-state index is 11.7. The molecule has 106 valence electrons. The van der Waals surface area contributed by atoms with Gasteiger partial charge in [-0.3, -0.25) is 19.5 Å². The van der Waals surface area contributed by atoms with Gasteiger partial charge < -0.3 is 4.98 Å². The molecule has 2 heterocycles. The first-order chi connectivity index (χ1) is 9.61. The average molecular weight is 275 g/mol. The number of piperidine rings is 1. The van der Waals surface area contributed by atoms with Gasteiger partial charge in [0.2, 0.25) is 11.8 Å². The molecule has 0 bridgehead atoms. The lowest BCUT2D eigenvalue weighted by Gasteiger charge is -2.24. The number of aliphatic imine (C=N–C) groups is 2. The minimum Gasteiger partial charge on any atom is -0.344 e. The molecule has 1 aromatic rings. The smallest absolute Gasteiger partial charge is 0.229 e. The number of hydrogen-bond acceptors (Lipinski definition) is 4. The van der Waals surface area contributed by atoms with E-state index in [9.17, 15) is 9.59 Å². The molecular formula is C13H17N5O2. The average Bonchev–Trinajstić information content (AvgIpc) is 2.76. The van der Waals surface area contributed by atoms with Gasteiger partial charge in [-0.2, -0.15) is 0 Å². The van der Waals surface area contributed by atoms with Crippen molar-refractivity contribution in [1.29, 1.82) is 0 Å². The van der Waals surface area contributed by atoms with Crippen molar-refractivity contribution < 1.29 is 9.59 Å². The van der Waals surface area contributed by atoms with Crippen molar-refractivity contribution in [3.05, 3.63) is 11.5 Å². The number of nitrogens with one attached hydrogen (secondary N) is 1. The molecule has 2 amide bonds. The number of H-pyrrole nitrogens is 1. The van der Waals surface area contributed by atoms with Crippen molar-refractivity contribution in [2.45, 2.75) is 32.6 Å². The van der Waals surface area contributed by atoms with Crippen LogP contribution in [-0.2, 0) is 16.0 Å². The van der Waals surface area contributed by atoms with Gasteiger partial charge in [-0.1, -0.05) is 0 Å². The Hall–Kier alpha value is -2.31. The van der Waals surface area contributed by atoms with Crippen LogP contribution >= 0.6 is 0 Å². The van der Waals surface area contributed by atoms with Crippen LogP contribution in [0.5, 0.6) is 0 Å². The van der Waals surface area contributed by atoms with Gasteiger partial charge in [0, 0.05) is 25.8 Å². The molecule has 1 aromatic heterocycles. The highest BCUT2D eigenvalue weighted by Crippen LogP contribution is 2.16. The molecule has 2 rings (SSSR count). The number of carbonyl (C=O) groups is 2. The number of aryl methyl sites for hydroxylation is 1. The van der Waals surface area contributed by atoms with E-state index in [1.54, 1.807) is 0 Å². The topological polar surface area (TPSA) is 90.8 Å². The Balaban J connectivity index is 2.00. The number of carbonyl (C=O) groups excluding carboxylic acids is 2. The lowest BCUT2D eigenvalue weighted by Crippen LogP contribution is -2.41.